The van der Waals surface area contributed by atoms with Crippen LogP contribution in [0.2, 0.25) is 0 Å². The third-order valence-electron chi connectivity index (χ3n) is 4.82. The molecule has 0 fully saturated rings. The van der Waals surface area contributed by atoms with E-state index in [1.54, 1.807) is 12.1 Å². The number of rotatable bonds is 4. The number of halogens is 3. The molecule has 10 heteroatoms. The van der Waals surface area contributed by atoms with Gasteiger partial charge in [0.2, 0.25) is 0 Å². The van der Waals surface area contributed by atoms with Crippen molar-refractivity contribution in [3.05, 3.63) is 78.4 Å². The zero-order chi connectivity index (χ0) is 22.3. The molecular formula is C22H14F3N5OS. The van der Waals surface area contributed by atoms with Crippen molar-refractivity contribution >= 4 is 34.0 Å². The standard InChI is InChI=1S/C22H14F3N5OS/c23-22(24,25)13-3-6-15-16(9-13)30-20(29-15)19-8-7-18(32-19)12-1-4-14(5-2-12)28-21(31)17-10-26-11-27-17/h1-11H,(H,26,27)(H,28,31)(H,29,30). The lowest BCUT2D eigenvalue weighted by molar-refractivity contribution is -0.137. The maximum Gasteiger partial charge on any atom is 0.416 e. The lowest BCUT2D eigenvalue weighted by Crippen LogP contribution is -2.11. The average molecular weight is 453 g/mol. The highest BCUT2D eigenvalue weighted by Crippen LogP contribution is 2.36. The predicted molar refractivity (Wildman–Crippen MR) is 116 cm³/mol. The molecule has 1 amide bonds. The lowest BCUT2D eigenvalue weighted by Gasteiger charge is -2.05. The molecule has 160 valence electrons. The second kappa shape index (κ2) is 7.65. The molecule has 0 unspecified atom stereocenters. The van der Waals surface area contributed by atoms with Crippen LogP contribution in [-0.4, -0.2) is 25.8 Å². The van der Waals surface area contributed by atoms with Gasteiger partial charge in [-0.3, -0.25) is 4.79 Å². The SMILES string of the molecule is O=C(Nc1ccc(-c2ccc(-c3nc4ccc(C(F)(F)F)cc4[nH]3)s2)cc1)c1cnc[nH]1. The van der Waals surface area contributed by atoms with Crippen molar-refractivity contribution < 1.29 is 18.0 Å². The van der Waals surface area contributed by atoms with Crippen molar-refractivity contribution in [2.45, 2.75) is 6.18 Å². The number of benzene rings is 2. The van der Waals surface area contributed by atoms with Gasteiger partial charge in [0.05, 0.1) is 34.0 Å². The number of alkyl halides is 3. The third kappa shape index (κ3) is 3.87. The van der Waals surface area contributed by atoms with Crippen LogP contribution in [0.5, 0.6) is 0 Å². The van der Waals surface area contributed by atoms with E-state index in [2.05, 4.69) is 25.3 Å². The minimum Gasteiger partial charge on any atom is -0.341 e. The van der Waals surface area contributed by atoms with Gasteiger partial charge in [0.15, 0.2) is 0 Å². The van der Waals surface area contributed by atoms with Gasteiger partial charge in [-0.15, -0.1) is 11.3 Å². The van der Waals surface area contributed by atoms with Gasteiger partial charge >= 0.3 is 6.18 Å². The summed E-state index contributed by atoms with van der Waals surface area (Å²) in [5.41, 5.74) is 2.04. The number of thiophene rings is 1. The number of carbonyl (C=O) groups excluding carboxylic acids is 1. The highest BCUT2D eigenvalue weighted by Gasteiger charge is 2.30. The van der Waals surface area contributed by atoms with Crippen LogP contribution in [0.15, 0.2) is 67.1 Å². The van der Waals surface area contributed by atoms with E-state index in [1.165, 1.54) is 29.9 Å². The normalized spacial score (nSPS) is 11.7. The Morgan fingerprint density at radius 3 is 2.50 bits per heavy atom. The van der Waals surface area contributed by atoms with Gasteiger partial charge in [-0.2, -0.15) is 13.2 Å². The van der Waals surface area contributed by atoms with Gasteiger partial charge in [0, 0.05) is 10.6 Å². The predicted octanol–water partition coefficient (Wildman–Crippen LogP) is 5.95. The number of hydrogen-bond acceptors (Lipinski definition) is 4. The van der Waals surface area contributed by atoms with Crippen molar-refractivity contribution in [2.75, 3.05) is 5.32 Å². The summed E-state index contributed by atoms with van der Waals surface area (Å²) in [6.07, 6.45) is -1.53. The van der Waals surface area contributed by atoms with Crippen molar-refractivity contribution in [1.82, 2.24) is 19.9 Å². The molecule has 3 aromatic heterocycles. The van der Waals surface area contributed by atoms with Crippen LogP contribution < -0.4 is 5.32 Å². The molecule has 6 nitrogen and oxygen atoms in total. The summed E-state index contributed by atoms with van der Waals surface area (Å²) in [6, 6.07) is 14.6. The summed E-state index contributed by atoms with van der Waals surface area (Å²) in [4.78, 5) is 27.8. The first-order chi connectivity index (χ1) is 15.4. The van der Waals surface area contributed by atoms with Gasteiger partial charge < -0.3 is 15.3 Å². The van der Waals surface area contributed by atoms with Crippen LogP contribution in [0.4, 0.5) is 18.9 Å². The summed E-state index contributed by atoms with van der Waals surface area (Å²) in [5.74, 6) is 0.228. The number of anilines is 1. The molecule has 5 aromatic rings. The summed E-state index contributed by atoms with van der Waals surface area (Å²) in [5, 5.41) is 2.78. The number of H-pyrrole nitrogens is 2. The number of fused-ring (bicyclic) bond motifs is 1. The Bertz CT molecular complexity index is 1400. The highest BCUT2D eigenvalue weighted by atomic mass is 32.1. The number of carbonyl (C=O) groups is 1. The van der Waals surface area contributed by atoms with Gasteiger partial charge in [-0.25, -0.2) is 9.97 Å². The summed E-state index contributed by atoms with van der Waals surface area (Å²) >= 11 is 1.47. The first-order valence-corrected chi connectivity index (χ1v) is 10.3. The second-order valence-corrected chi connectivity index (χ2v) is 8.06. The first-order valence-electron chi connectivity index (χ1n) is 9.44. The van der Waals surface area contributed by atoms with Crippen molar-refractivity contribution in [1.29, 1.82) is 0 Å². The van der Waals surface area contributed by atoms with E-state index in [0.717, 1.165) is 27.5 Å². The van der Waals surface area contributed by atoms with E-state index in [1.807, 2.05) is 24.3 Å². The Hall–Kier alpha value is -3.92. The minimum atomic E-state index is -4.40. The van der Waals surface area contributed by atoms with Gasteiger partial charge in [-0.05, 0) is 48.0 Å². The number of imidazole rings is 2. The maximum absolute atomic E-state index is 12.9. The van der Waals surface area contributed by atoms with Gasteiger partial charge in [0.25, 0.3) is 5.91 Å². The molecule has 3 N–H and O–H groups in total. The van der Waals surface area contributed by atoms with E-state index in [4.69, 9.17) is 0 Å². The van der Waals surface area contributed by atoms with E-state index < -0.39 is 11.7 Å². The minimum absolute atomic E-state index is 0.285. The zero-order valence-corrected chi connectivity index (χ0v) is 17.0. The van der Waals surface area contributed by atoms with Gasteiger partial charge in [0.1, 0.15) is 11.5 Å². The number of nitrogens with one attached hydrogen (secondary N) is 3. The van der Waals surface area contributed by atoms with Crippen LogP contribution in [0, 0.1) is 0 Å². The number of aromatic nitrogens is 4. The molecule has 32 heavy (non-hydrogen) atoms. The van der Waals surface area contributed by atoms with Gasteiger partial charge in [-0.1, -0.05) is 12.1 Å². The molecule has 0 aliphatic carbocycles. The topological polar surface area (TPSA) is 86.5 Å². The van der Waals surface area contributed by atoms with E-state index in [9.17, 15) is 18.0 Å². The fourth-order valence-electron chi connectivity index (χ4n) is 3.22. The Morgan fingerprint density at radius 1 is 1.00 bits per heavy atom. The van der Waals surface area contributed by atoms with E-state index >= 15 is 0 Å². The van der Waals surface area contributed by atoms with Crippen molar-refractivity contribution in [3.63, 3.8) is 0 Å². The lowest BCUT2D eigenvalue weighted by atomic mass is 10.1. The molecule has 2 aromatic carbocycles. The molecule has 0 aliphatic heterocycles. The largest absolute Gasteiger partial charge is 0.416 e. The monoisotopic (exact) mass is 453 g/mol. The number of hydrogen-bond donors (Lipinski definition) is 3. The van der Waals surface area contributed by atoms with Crippen LogP contribution in [0.25, 0.3) is 32.2 Å². The zero-order valence-electron chi connectivity index (χ0n) is 16.2. The van der Waals surface area contributed by atoms with Crippen LogP contribution in [0.3, 0.4) is 0 Å². The summed E-state index contributed by atoms with van der Waals surface area (Å²) in [6.45, 7) is 0. The highest BCUT2D eigenvalue weighted by molar-refractivity contribution is 7.18. The summed E-state index contributed by atoms with van der Waals surface area (Å²) in [7, 11) is 0. The third-order valence-corrected chi connectivity index (χ3v) is 5.96. The molecule has 0 atom stereocenters. The Labute approximate surface area is 183 Å². The maximum atomic E-state index is 12.9. The van der Waals surface area contributed by atoms with Crippen molar-refractivity contribution in [3.8, 4) is 21.1 Å². The number of nitrogens with zero attached hydrogens (tertiary/aromatic N) is 2. The fourth-order valence-corrected chi connectivity index (χ4v) is 4.18. The molecule has 3 heterocycles. The van der Waals surface area contributed by atoms with Crippen LogP contribution >= 0.6 is 11.3 Å². The average Bonchev–Trinajstić information content (AvgIpc) is 3.53. The molecule has 0 aliphatic rings. The molecule has 0 bridgehead atoms. The second-order valence-electron chi connectivity index (χ2n) is 6.98. The Kier molecular flexibility index (Phi) is 4.78. The van der Waals surface area contributed by atoms with Crippen molar-refractivity contribution in [2.24, 2.45) is 0 Å². The van der Waals surface area contributed by atoms with Crippen LogP contribution in [0.1, 0.15) is 16.1 Å². The van der Waals surface area contributed by atoms with E-state index in [-0.39, 0.29) is 5.91 Å². The smallest absolute Gasteiger partial charge is 0.341 e. The molecule has 0 saturated carbocycles. The quantitative estimate of drug-likeness (QED) is 0.314. The Balaban J connectivity index is 1.36. The molecule has 0 radical (unpaired) electrons. The van der Waals surface area contributed by atoms with Crippen LogP contribution in [-0.2, 0) is 6.18 Å². The molecule has 0 spiro atoms. The molecular weight excluding hydrogens is 439 g/mol. The molecule has 5 rings (SSSR count). The van der Waals surface area contributed by atoms with E-state index in [0.29, 0.717) is 28.2 Å². The Morgan fingerprint density at radius 2 is 1.78 bits per heavy atom. The number of amides is 1. The molecule has 0 saturated heterocycles. The number of aromatic amines is 2. The summed E-state index contributed by atoms with van der Waals surface area (Å²) < 4.78 is 38.8. The fraction of sp³-hybridized carbons (Fsp3) is 0.0455. The first kappa shape index (κ1) is 20.0.